The van der Waals surface area contributed by atoms with Crippen LogP contribution < -0.4 is 9.47 Å². The van der Waals surface area contributed by atoms with Crippen LogP contribution in [-0.4, -0.2) is 22.2 Å². The van der Waals surface area contributed by atoms with Gasteiger partial charge in [-0.15, -0.1) is 0 Å². The minimum absolute atomic E-state index is 0.194. The second-order valence-electron chi connectivity index (χ2n) is 6.86. The van der Waals surface area contributed by atoms with Crippen LogP contribution in [0.1, 0.15) is 37.2 Å². The quantitative estimate of drug-likeness (QED) is 0.533. The number of fused-ring (bicyclic) bond motifs is 2. The van der Waals surface area contributed by atoms with Gasteiger partial charge in [0, 0.05) is 17.0 Å². The van der Waals surface area contributed by atoms with Gasteiger partial charge in [0.1, 0.15) is 23.1 Å². The number of rotatable bonds is 5. The fourth-order valence-corrected chi connectivity index (χ4v) is 3.27. The number of hydrogen-bond donors (Lipinski definition) is 1. The number of hydrogen-bond acceptors (Lipinski definition) is 5. The molecule has 2 aromatic heterocycles. The van der Waals surface area contributed by atoms with Crippen molar-refractivity contribution < 1.29 is 14.6 Å². The van der Waals surface area contributed by atoms with Crippen LogP contribution in [-0.2, 0) is 0 Å². The van der Waals surface area contributed by atoms with E-state index in [-0.39, 0.29) is 6.10 Å². The van der Waals surface area contributed by atoms with E-state index in [1.165, 1.54) is 0 Å². The van der Waals surface area contributed by atoms with Crippen molar-refractivity contribution in [1.29, 1.82) is 0 Å². The zero-order valence-electron chi connectivity index (χ0n) is 16.1. The highest BCUT2D eigenvalue weighted by Gasteiger charge is 2.15. The van der Waals surface area contributed by atoms with Crippen molar-refractivity contribution in [2.24, 2.45) is 0 Å². The van der Waals surface area contributed by atoms with E-state index in [0.29, 0.717) is 11.5 Å². The van der Waals surface area contributed by atoms with Crippen molar-refractivity contribution in [2.45, 2.75) is 26.1 Å². The molecule has 0 aliphatic rings. The zero-order valence-corrected chi connectivity index (χ0v) is 16.1. The highest BCUT2D eigenvalue weighted by molar-refractivity contribution is 5.86. The molecule has 5 heteroatoms. The second kappa shape index (κ2) is 7.44. The summed E-state index contributed by atoms with van der Waals surface area (Å²) in [5.41, 5.74) is 3.50. The maximum absolute atomic E-state index is 10.1. The minimum atomic E-state index is -0.611. The summed E-state index contributed by atoms with van der Waals surface area (Å²) < 4.78 is 11.6. The van der Waals surface area contributed by atoms with Crippen molar-refractivity contribution in [1.82, 2.24) is 9.97 Å². The van der Waals surface area contributed by atoms with E-state index < -0.39 is 6.10 Å². The van der Waals surface area contributed by atoms with Gasteiger partial charge in [-0.25, -0.2) is 4.98 Å². The summed E-state index contributed by atoms with van der Waals surface area (Å²) in [5, 5.41) is 12.0. The first-order chi connectivity index (χ1) is 13.5. The molecule has 2 unspecified atom stereocenters. The van der Waals surface area contributed by atoms with Crippen molar-refractivity contribution in [3.05, 3.63) is 72.1 Å². The van der Waals surface area contributed by atoms with Gasteiger partial charge in [0.05, 0.1) is 24.9 Å². The molecule has 0 radical (unpaired) electrons. The van der Waals surface area contributed by atoms with Gasteiger partial charge in [-0.3, -0.25) is 4.98 Å². The number of aliphatic hydroxyl groups excluding tert-OH is 1. The molecule has 142 valence electrons. The van der Waals surface area contributed by atoms with Crippen LogP contribution in [0.5, 0.6) is 11.5 Å². The number of benzene rings is 2. The van der Waals surface area contributed by atoms with Crippen LogP contribution in [0.25, 0.3) is 21.8 Å². The molecule has 2 atom stereocenters. The number of aliphatic hydroxyl groups is 1. The van der Waals surface area contributed by atoms with Crippen LogP contribution in [0.2, 0.25) is 0 Å². The van der Waals surface area contributed by atoms with Gasteiger partial charge in [-0.1, -0.05) is 12.1 Å². The van der Waals surface area contributed by atoms with E-state index in [1.807, 2.05) is 49.4 Å². The third-order valence-electron chi connectivity index (χ3n) is 4.86. The third kappa shape index (κ3) is 3.49. The Kier molecular flexibility index (Phi) is 4.84. The summed E-state index contributed by atoms with van der Waals surface area (Å²) in [4.78, 5) is 8.87. The average molecular weight is 374 g/mol. The Balaban J connectivity index is 1.74. The lowest BCUT2D eigenvalue weighted by atomic mass is 10.0. The predicted octanol–water partition coefficient (Wildman–Crippen LogP) is 4.98. The van der Waals surface area contributed by atoms with E-state index >= 15 is 0 Å². The Morgan fingerprint density at radius 1 is 0.929 bits per heavy atom. The van der Waals surface area contributed by atoms with E-state index in [2.05, 4.69) is 16.0 Å². The summed E-state index contributed by atoms with van der Waals surface area (Å²) in [5.74, 6) is 1.30. The molecule has 4 aromatic rings. The lowest BCUT2D eigenvalue weighted by Crippen LogP contribution is -2.05. The van der Waals surface area contributed by atoms with Crippen LogP contribution >= 0.6 is 0 Å². The van der Waals surface area contributed by atoms with Gasteiger partial charge in [0.25, 0.3) is 0 Å². The second-order valence-corrected chi connectivity index (χ2v) is 6.86. The minimum Gasteiger partial charge on any atom is -0.495 e. The highest BCUT2D eigenvalue weighted by atomic mass is 16.5. The maximum atomic E-state index is 10.1. The molecule has 0 spiro atoms. The summed E-state index contributed by atoms with van der Waals surface area (Å²) in [7, 11) is 1.61. The molecular formula is C23H22N2O3. The van der Waals surface area contributed by atoms with Crippen molar-refractivity contribution in [3.8, 4) is 11.5 Å². The van der Waals surface area contributed by atoms with Crippen LogP contribution in [0.15, 0.2) is 60.9 Å². The number of nitrogens with zero attached hydrogens (tertiary/aromatic N) is 2. The molecular weight excluding hydrogens is 352 g/mol. The van der Waals surface area contributed by atoms with Crippen molar-refractivity contribution in [3.63, 3.8) is 0 Å². The summed E-state index contributed by atoms with van der Waals surface area (Å²) in [6.45, 7) is 3.74. The third-order valence-corrected chi connectivity index (χ3v) is 4.86. The van der Waals surface area contributed by atoms with Crippen molar-refractivity contribution in [2.75, 3.05) is 7.11 Å². The van der Waals surface area contributed by atoms with Gasteiger partial charge in [-0.2, -0.15) is 0 Å². The van der Waals surface area contributed by atoms with Crippen LogP contribution in [0.3, 0.4) is 0 Å². The average Bonchev–Trinajstić information content (AvgIpc) is 2.72. The van der Waals surface area contributed by atoms with Gasteiger partial charge in [0.15, 0.2) is 0 Å². The molecule has 2 aromatic carbocycles. The number of pyridine rings is 2. The molecule has 0 aliphatic heterocycles. The largest absolute Gasteiger partial charge is 0.495 e. The molecule has 0 fully saturated rings. The first-order valence-corrected chi connectivity index (χ1v) is 9.22. The Morgan fingerprint density at radius 2 is 1.75 bits per heavy atom. The van der Waals surface area contributed by atoms with Gasteiger partial charge >= 0.3 is 0 Å². The normalized spacial score (nSPS) is 13.4. The molecule has 0 saturated carbocycles. The first-order valence-electron chi connectivity index (χ1n) is 9.22. The molecule has 0 saturated heterocycles. The van der Waals surface area contributed by atoms with E-state index in [1.54, 1.807) is 26.4 Å². The van der Waals surface area contributed by atoms with Gasteiger partial charge in [-0.05, 0) is 61.4 Å². The van der Waals surface area contributed by atoms with Crippen molar-refractivity contribution >= 4 is 21.8 Å². The zero-order chi connectivity index (χ0) is 19.7. The lowest BCUT2D eigenvalue weighted by molar-refractivity contribution is 0.196. The fraction of sp³-hybridized carbons (Fsp3) is 0.217. The standard InChI is InChI=1S/C23H22N2O3/c1-14(26)18-10-19-11-20(27-3)13-25-23(19)22(12-18)28-15(2)16-6-7-21-17(9-16)5-4-8-24-21/h4-15,26H,1-3H3. The van der Waals surface area contributed by atoms with Crippen LogP contribution in [0, 0.1) is 0 Å². The molecule has 1 N–H and O–H groups in total. The number of aromatic nitrogens is 2. The Labute approximate surface area is 163 Å². The Hall–Kier alpha value is -3.18. The predicted molar refractivity (Wildman–Crippen MR) is 110 cm³/mol. The molecule has 4 rings (SSSR count). The lowest BCUT2D eigenvalue weighted by Gasteiger charge is -2.18. The Morgan fingerprint density at radius 3 is 2.54 bits per heavy atom. The van der Waals surface area contributed by atoms with Crippen LogP contribution in [0.4, 0.5) is 0 Å². The maximum Gasteiger partial charge on any atom is 0.146 e. The summed E-state index contributed by atoms with van der Waals surface area (Å²) in [6.07, 6.45) is 2.65. The molecule has 0 aliphatic carbocycles. The Bertz CT molecular complexity index is 1140. The fourth-order valence-electron chi connectivity index (χ4n) is 3.27. The first kappa shape index (κ1) is 18.2. The molecule has 5 nitrogen and oxygen atoms in total. The SMILES string of the molecule is COc1cnc2c(OC(C)c3ccc4ncccc4c3)cc(C(C)O)cc2c1. The summed E-state index contributed by atoms with van der Waals surface area (Å²) in [6, 6.07) is 15.7. The molecule has 2 heterocycles. The van der Waals surface area contributed by atoms with E-state index in [0.717, 1.165) is 32.9 Å². The molecule has 0 bridgehead atoms. The molecule has 28 heavy (non-hydrogen) atoms. The van der Waals surface area contributed by atoms with Gasteiger partial charge in [0.2, 0.25) is 0 Å². The van der Waals surface area contributed by atoms with E-state index in [9.17, 15) is 5.11 Å². The molecule has 0 amide bonds. The summed E-state index contributed by atoms with van der Waals surface area (Å²) >= 11 is 0. The van der Waals surface area contributed by atoms with E-state index in [4.69, 9.17) is 9.47 Å². The topological polar surface area (TPSA) is 64.5 Å². The monoisotopic (exact) mass is 374 g/mol. The highest BCUT2D eigenvalue weighted by Crippen LogP contribution is 2.34. The number of ether oxygens (including phenoxy) is 2. The number of methoxy groups -OCH3 is 1. The smallest absolute Gasteiger partial charge is 0.146 e. The van der Waals surface area contributed by atoms with Gasteiger partial charge < -0.3 is 14.6 Å².